The lowest BCUT2D eigenvalue weighted by molar-refractivity contribution is -0.137. The van der Waals surface area contributed by atoms with Gasteiger partial charge in [0, 0.05) is 25.7 Å². The summed E-state index contributed by atoms with van der Waals surface area (Å²) in [6, 6.07) is 6.41. The minimum absolute atomic E-state index is 0.0146. The topological polar surface area (TPSA) is 98.1 Å². The number of ether oxygens (including phenoxy) is 1. The molecule has 0 radical (unpaired) electrons. The van der Waals surface area contributed by atoms with E-state index in [1.54, 1.807) is 27.8 Å². The summed E-state index contributed by atoms with van der Waals surface area (Å²) in [5.41, 5.74) is -1.13. The van der Waals surface area contributed by atoms with Crippen LogP contribution in [0, 0.1) is 0 Å². The molecule has 34 heavy (non-hydrogen) atoms. The fourth-order valence-electron chi connectivity index (χ4n) is 3.28. The third-order valence-electron chi connectivity index (χ3n) is 4.77. The lowest BCUT2D eigenvalue weighted by atomic mass is 10.0. The zero-order valence-electron chi connectivity index (χ0n) is 19.3. The van der Waals surface area contributed by atoms with Gasteiger partial charge in [-0.25, -0.2) is 9.78 Å². The number of rotatable bonds is 6. The van der Waals surface area contributed by atoms with Gasteiger partial charge in [0.25, 0.3) is 5.91 Å². The first-order valence-electron chi connectivity index (χ1n) is 10.6. The van der Waals surface area contributed by atoms with Gasteiger partial charge in [-0.1, -0.05) is 18.2 Å². The summed E-state index contributed by atoms with van der Waals surface area (Å²) in [5.74, 6) is -0.483. The maximum absolute atomic E-state index is 13.5. The van der Waals surface area contributed by atoms with Crippen LogP contribution in [0.15, 0.2) is 36.5 Å². The number of hydrogen-bond donors (Lipinski definition) is 2. The van der Waals surface area contributed by atoms with Crippen LogP contribution >= 0.6 is 0 Å². The Morgan fingerprint density at radius 3 is 2.44 bits per heavy atom. The Morgan fingerprint density at radius 1 is 1.09 bits per heavy atom. The van der Waals surface area contributed by atoms with Gasteiger partial charge < -0.3 is 15.4 Å². The van der Waals surface area contributed by atoms with Crippen molar-refractivity contribution in [3.8, 4) is 11.3 Å². The van der Waals surface area contributed by atoms with Gasteiger partial charge in [-0.15, -0.1) is 0 Å². The Bertz CT molecular complexity index is 1200. The van der Waals surface area contributed by atoms with Crippen LogP contribution < -0.4 is 10.6 Å². The number of alkyl carbamates (subject to hydrolysis) is 1. The van der Waals surface area contributed by atoms with Crippen molar-refractivity contribution in [1.82, 2.24) is 25.4 Å². The van der Waals surface area contributed by atoms with E-state index in [0.29, 0.717) is 11.8 Å². The molecule has 2 heterocycles. The van der Waals surface area contributed by atoms with Crippen molar-refractivity contribution in [2.75, 3.05) is 13.1 Å². The fourth-order valence-corrected chi connectivity index (χ4v) is 3.28. The molecule has 1 aromatic carbocycles. The average molecular weight is 477 g/mol. The SMILES string of the molecule is Cn1ncc2c(C(=O)NCCCNC(=O)OC(C)(C)C)cc(-c3ccccc3C(F)(F)F)nc21. The maximum atomic E-state index is 13.5. The lowest BCUT2D eigenvalue weighted by Gasteiger charge is -2.19. The highest BCUT2D eigenvalue weighted by molar-refractivity contribution is 6.06. The molecule has 11 heteroatoms. The molecule has 0 unspecified atom stereocenters. The van der Waals surface area contributed by atoms with Crippen molar-refractivity contribution in [3.05, 3.63) is 47.7 Å². The molecule has 0 aliphatic rings. The molecule has 0 spiro atoms. The van der Waals surface area contributed by atoms with Crippen LogP contribution in [0.2, 0.25) is 0 Å². The van der Waals surface area contributed by atoms with E-state index in [1.807, 2.05) is 0 Å². The van der Waals surface area contributed by atoms with Crippen molar-refractivity contribution < 1.29 is 27.5 Å². The van der Waals surface area contributed by atoms with Gasteiger partial charge in [0.05, 0.1) is 28.4 Å². The molecule has 182 valence electrons. The van der Waals surface area contributed by atoms with E-state index in [-0.39, 0.29) is 35.6 Å². The smallest absolute Gasteiger partial charge is 0.417 e. The molecule has 0 aliphatic carbocycles. The average Bonchev–Trinajstić information content (AvgIpc) is 3.11. The summed E-state index contributed by atoms with van der Waals surface area (Å²) in [6.07, 6.45) is -3.27. The normalized spacial score (nSPS) is 12.0. The highest BCUT2D eigenvalue weighted by Gasteiger charge is 2.34. The summed E-state index contributed by atoms with van der Waals surface area (Å²) < 4.78 is 47.2. The molecule has 3 rings (SSSR count). The number of benzene rings is 1. The quantitative estimate of drug-likeness (QED) is 0.516. The predicted molar refractivity (Wildman–Crippen MR) is 120 cm³/mol. The van der Waals surface area contributed by atoms with Crippen molar-refractivity contribution in [2.45, 2.75) is 39.0 Å². The van der Waals surface area contributed by atoms with Crippen LogP contribution in [-0.2, 0) is 18.0 Å². The van der Waals surface area contributed by atoms with Crippen LogP contribution in [0.5, 0.6) is 0 Å². The first kappa shape index (κ1) is 25.0. The summed E-state index contributed by atoms with van der Waals surface area (Å²) in [6.45, 7) is 5.76. The number of carbonyl (C=O) groups is 2. The Labute approximate surface area is 194 Å². The molecule has 0 aliphatic heterocycles. The van der Waals surface area contributed by atoms with Gasteiger partial charge >= 0.3 is 12.3 Å². The fraction of sp³-hybridized carbons (Fsp3) is 0.391. The third-order valence-corrected chi connectivity index (χ3v) is 4.77. The zero-order valence-corrected chi connectivity index (χ0v) is 19.3. The van der Waals surface area contributed by atoms with Gasteiger partial charge in [0.1, 0.15) is 5.60 Å². The second-order valence-electron chi connectivity index (χ2n) is 8.64. The number of carbonyl (C=O) groups excluding carboxylic acids is 2. The van der Waals surface area contributed by atoms with E-state index in [0.717, 1.165) is 6.07 Å². The second kappa shape index (κ2) is 9.70. The van der Waals surface area contributed by atoms with E-state index in [1.165, 1.54) is 35.1 Å². The van der Waals surface area contributed by atoms with Crippen molar-refractivity contribution >= 4 is 23.0 Å². The number of pyridine rings is 1. The monoisotopic (exact) mass is 477 g/mol. The number of fused-ring (bicyclic) bond motifs is 1. The molecule has 0 fully saturated rings. The first-order chi connectivity index (χ1) is 15.9. The standard InChI is InChI=1S/C23H26F3N5O3/c1-22(2,3)34-21(33)28-11-7-10-27-20(32)15-12-18(30-19-16(15)13-29-31(19)4)14-8-5-6-9-17(14)23(24,25)26/h5-6,8-9,12-13H,7,10-11H2,1-4H3,(H,27,32)(H,28,33). The predicted octanol–water partition coefficient (Wildman–Crippen LogP) is 4.30. The number of alkyl halides is 3. The number of halogens is 3. The summed E-state index contributed by atoms with van der Waals surface area (Å²) in [7, 11) is 1.60. The number of aryl methyl sites for hydroxylation is 1. The highest BCUT2D eigenvalue weighted by atomic mass is 19.4. The van der Waals surface area contributed by atoms with E-state index in [9.17, 15) is 22.8 Å². The highest BCUT2D eigenvalue weighted by Crippen LogP contribution is 2.37. The maximum Gasteiger partial charge on any atom is 0.417 e. The number of nitrogens with zero attached hydrogens (tertiary/aromatic N) is 3. The number of amides is 2. The van der Waals surface area contributed by atoms with Gasteiger partial charge in [0.15, 0.2) is 5.65 Å². The van der Waals surface area contributed by atoms with E-state index >= 15 is 0 Å². The van der Waals surface area contributed by atoms with Crippen molar-refractivity contribution in [2.24, 2.45) is 7.05 Å². The van der Waals surface area contributed by atoms with E-state index in [4.69, 9.17) is 4.74 Å². The second-order valence-corrected chi connectivity index (χ2v) is 8.64. The Kier molecular flexibility index (Phi) is 7.13. The summed E-state index contributed by atoms with van der Waals surface area (Å²) in [5, 5.41) is 9.83. The Hall–Kier alpha value is -3.63. The minimum Gasteiger partial charge on any atom is -0.444 e. The molecule has 3 aromatic rings. The van der Waals surface area contributed by atoms with Crippen LogP contribution in [0.25, 0.3) is 22.3 Å². The molecule has 8 nitrogen and oxygen atoms in total. The van der Waals surface area contributed by atoms with Gasteiger partial charge in [-0.2, -0.15) is 18.3 Å². The van der Waals surface area contributed by atoms with Gasteiger partial charge in [-0.3, -0.25) is 9.48 Å². The lowest BCUT2D eigenvalue weighted by Crippen LogP contribution is -2.34. The van der Waals surface area contributed by atoms with Crippen molar-refractivity contribution in [1.29, 1.82) is 0 Å². The molecular weight excluding hydrogens is 451 g/mol. The molecule has 0 atom stereocenters. The molecule has 2 N–H and O–H groups in total. The first-order valence-corrected chi connectivity index (χ1v) is 10.6. The van der Waals surface area contributed by atoms with Crippen molar-refractivity contribution in [3.63, 3.8) is 0 Å². The molecule has 2 aromatic heterocycles. The number of nitrogens with one attached hydrogen (secondary N) is 2. The van der Waals surface area contributed by atoms with Crippen LogP contribution in [0.1, 0.15) is 43.1 Å². The van der Waals surface area contributed by atoms with E-state index < -0.39 is 29.3 Å². The Balaban J connectivity index is 1.78. The molecule has 0 bridgehead atoms. The number of aromatic nitrogens is 3. The number of hydrogen-bond acceptors (Lipinski definition) is 5. The molecule has 0 saturated heterocycles. The van der Waals surface area contributed by atoms with Crippen LogP contribution in [0.4, 0.5) is 18.0 Å². The van der Waals surface area contributed by atoms with Gasteiger partial charge in [-0.05, 0) is 39.3 Å². The minimum atomic E-state index is -4.58. The largest absolute Gasteiger partial charge is 0.444 e. The summed E-state index contributed by atoms with van der Waals surface area (Å²) >= 11 is 0. The van der Waals surface area contributed by atoms with Crippen LogP contribution in [0.3, 0.4) is 0 Å². The summed E-state index contributed by atoms with van der Waals surface area (Å²) in [4.78, 5) is 28.9. The zero-order chi connectivity index (χ0) is 25.1. The molecule has 0 saturated carbocycles. The van der Waals surface area contributed by atoms with E-state index in [2.05, 4.69) is 20.7 Å². The third kappa shape index (κ3) is 6.03. The van der Waals surface area contributed by atoms with Gasteiger partial charge in [0.2, 0.25) is 0 Å². The molecule has 2 amide bonds. The van der Waals surface area contributed by atoms with Crippen LogP contribution in [-0.4, -0.2) is 45.5 Å². The molecular formula is C23H26F3N5O3. The Morgan fingerprint density at radius 2 is 1.76 bits per heavy atom.